The van der Waals surface area contributed by atoms with Gasteiger partial charge in [-0.05, 0) is 18.2 Å². The van der Waals surface area contributed by atoms with Crippen LogP contribution in [-0.4, -0.2) is 28.7 Å². The van der Waals surface area contributed by atoms with E-state index in [9.17, 15) is 18.0 Å². The van der Waals surface area contributed by atoms with E-state index in [-0.39, 0.29) is 23.7 Å². The lowest BCUT2D eigenvalue weighted by molar-refractivity contribution is -0.154. The lowest BCUT2D eigenvalue weighted by atomic mass is 9.91. The molecule has 8 heteroatoms. The van der Waals surface area contributed by atoms with Gasteiger partial charge in [0.1, 0.15) is 0 Å². The smallest absolute Gasteiger partial charge is 0.422 e. The summed E-state index contributed by atoms with van der Waals surface area (Å²) in [5.74, 6) is -0.494. The van der Waals surface area contributed by atoms with Crippen molar-refractivity contribution < 1.29 is 22.7 Å². The number of amides is 1. The number of hydrogen-bond donors (Lipinski definition) is 1. The number of aromatic nitrogens is 2. The average molecular weight is 367 g/mol. The van der Waals surface area contributed by atoms with Gasteiger partial charge in [0.15, 0.2) is 6.61 Å². The number of nitrogens with zero attached hydrogens (tertiary/aromatic N) is 2. The summed E-state index contributed by atoms with van der Waals surface area (Å²) in [6.07, 6.45) is -2.94. The molecule has 0 unspecified atom stereocenters. The summed E-state index contributed by atoms with van der Waals surface area (Å²) in [6, 6.07) is 7.89. The molecule has 2 heterocycles. The highest BCUT2D eigenvalue weighted by Gasteiger charge is 2.28. The minimum Gasteiger partial charge on any atom is -0.468 e. The molecule has 0 aliphatic carbocycles. The van der Waals surface area contributed by atoms with Crippen LogP contribution in [-0.2, 0) is 12.0 Å². The maximum atomic E-state index is 12.2. The first-order chi connectivity index (χ1) is 12.0. The molecular weight excluding hydrogens is 347 g/mol. The molecule has 26 heavy (non-hydrogen) atoms. The van der Waals surface area contributed by atoms with Gasteiger partial charge in [0.25, 0.3) is 5.91 Å². The van der Waals surface area contributed by atoms with Crippen LogP contribution >= 0.6 is 0 Å². The number of rotatable bonds is 5. The molecule has 5 nitrogen and oxygen atoms in total. The Labute approximate surface area is 149 Å². The quantitative estimate of drug-likeness (QED) is 0.876. The van der Waals surface area contributed by atoms with E-state index in [1.165, 1.54) is 18.3 Å². The number of carbonyl (C=O) groups excluding carboxylic acids is 1. The van der Waals surface area contributed by atoms with Gasteiger partial charge in [0.2, 0.25) is 5.88 Å². The summed E-state index contributed by atoms with van der Waals surface area (Å²) in [6.45, 7) is 4.71. The van der Waals surface area contributed by atoms with Gasteiger partial charge in [-0.2, -0.15) is 13.2 Å². The van der Waals surface area contributed by atoms with Crippen molar-refractivity contribution in [3.05, 3.63) is 53.5 Å². The number of alkyl halides is 3. The standard InChI is InChI=1S/C18H20F3N3O2/c1-17(2,3)14-8-7-12(9-22-14)16(25)23-10-13-5-4-6-15(24-13)26-11-18(19,20)21/h4-9H,10-11H2,1-3H3,(H,23,25). The number of hydrogen-bond acceptors (Lipinski definition) is 4. The van der Waals surface area contributed by atoms with Gasteiger partial charge in [-0.1, -0.05) is 26.8 Å². The highest BCUT2D eigenvalue weighted by Crippen LogP contribution is 2.20. The van der Waals surface area contributed by atoms with Gasteiger partial charge in [-0.25, -0.2) is 4.98 Å². The molecule has 2 aromatic heterocycles. The summed E-state index contributed by atoms with van der Waals surface area (Å²) >= 11 is 0. The summed E-state index contributed by atoms with van der Waals surface area (Å²) in [7, 11) is 0. The van der Waals surface area contributed by atoms with Crippen molar-refractivity contribution in [3.63, 3.8) is 0 Å². The summed E-state index contributed by atoms with van der Waals surface area (Å²) in [5, 5.41) is 2.65. The predicted octanol–water partition coefficient (Wildman–Crippen LogP) is 3.65. The molecular formula is C18H20F3N3O2. The molecule has 0 bridgehead atoms. The zero-order valence-corrected chi connectivity index (χ0v) is 14.7. The molecule has 0 saturated heterocycles. The molecule has 2 aromatic rings. The van der Waals surface area contributed by atoms with Gasteiger partial charge >= 0.3 is 6.18 Å². The zero-order valence-electron chi connectivity index (χ0n) is 14.7. The van der Waals surface area contributed by atoms with Crippen molar-refractivity contribution in [2.75, 3.05) is 6.61 Å². The highest BCUT2D eigenvalue weighted by atomic mass is 19.4. The van der Waals surface area contributed by atoms with Crippen LogP contribution in [0.1, 0.15) is 42.5 Å². The number of carbonyl (C=O) groups is 1. The molecule has 0 aliphatic rings. The zero-order chi connectivity index (χ0) is 19.4. The third-order valence-electron chi connectivity index (χ3n) is 3.39. The van der Waals surface area contributed by atoms with Crippen LogP contribution < -0.4 is 10.1 Å². The lowest BCUT2D eigenvalue weighted by Gasteiger charge is -2.17. The fraction of sp³-hybridized carbons (Fsp3) is 0.389. The number of pyridine rings is 2. The second-order valence-corrected chi connectivity index (χ2v) is 6.74. The van der Waals surface area contributed by atoms with Crippen molar-refractivity contribution in [2.45, 2.75) is 38.9 Å². The van der Waals surface area contributed by atoms with E-state index in [1.807, 2.05) is 20.8 Å². The van der Waals surface area contributed by atoms with Gasteiger partial charge in [0.05, 0.1) is 17.8 Å². The Kier molecular flexibility index (Phi) is 5.84. The fourth-order valence-electron chi connectivity index (χ4n) is 2.04. The van der Waals surface area contributed by atoms with Crippen LogP contribution in [0.2, 0.25) is 0 Å². The predicted molar refractivity (Wildman–Crippen MR) is 89.9 cm³/mol. The van der Waals surface area contributed by atoms with Gasteiger partial charge in [-0.3, -0.25) is 9.78 Å². The van der Waals surface area contributed by atoms with Crippen LogP contribution in [0, 0.1) is 0 Å². The Morgan fingerprint density at radius 1 is 1.15 bits per heavy atom. The topological polar surface area (TPSA) is 64.1 Å². The first-order valence-corrected chi connectivity index (χ1v) is 7.95. The van der Waals surface area contributed by atoms with Crippen LogP contribution in [0.3, 0.4) is 0 Å². The molecule has 0 aliphatic heterocycles. The number of ether oxygens (including phenoxy) is 1. The van der Waals surface area contributed by atoms with E-state index in [0.717, 1.165) is 5.69 Å². The molecule has 140 valence electrons. The second kappa shape index (κ2) is 7.72. The molecule has 1 amide bonds. The number of nitrogens with one attached hydrogen (secondary N) is 1. The van der Waals surface area contributed by atoms with Gasteiger partial charge in [0, 0.05) is 23.4 Å². The Hall–Kier alpha value is -2.64. The van der Waals surface area contributed by atoms with E-state index < -0.39 is 12.8 Å². The van der Waals surface area contributed by atoms with Crippen LogP contribution in [0.25, 0.3) is 0 Å². The lowest BCUT2D eigenvalue weighted by Crippen LogP contribution is -2.24. The normalized spacial score (nSPS) is 11.9. The second-order valence-electron chi connectivity index (χ2n) is 6.74. The molecule has 0 fully saturated rings. The fourth-order valence-corrected chi connectivity index (χ4v) is 2.04. The molecule has 1 N–H and O–H groups in total. The Bertz CT molecular complexity index is 754. The van der Waals surface area contributed by atoms with Crippen LogP contribution in [0.15, 0.2) is 36.5 Å². The Morgan fingerprint density at radius 3 is 2.46 bits per heavy atom. The van der Waals surface area contributed by atoms with E-state index in [0.29, 0.717) is 11.3 Å². The molecule has 0 radical (unpaired) electrons. The third-order valence-corrected chi connectivity index (χ3v) is 3.39. The molecule has 2 rings (SSSR count). The van der Waals surface area contributed by atoms with Gasteiger partial charge < -0.3 is 10.1 Å². The average Bonchev–Trinajstić information content (AvgIpc) is 2.57. The van der Waals surface area contributed by atoms with E-state index in [4.69, 9.17) is 0 Å². The first kappa shape index (κ1) is 19.7. The summed E-state index contributed by atoms with van der Waals surface area (Å²) in [4.78, 5) is 20.4. The van der Waals surface area contributed by atoms with Crippen molar-refractivity contribution >= 4 is 5.91 Å². The monoisotopic (exact) mass is 367 g/mol. The molecule has 0 spiro atoms. The van der Waals surface area contributed by atoms with E-state index >= 15 is 0 Å². The number of halogens is 3. The minimum absolute atomic E-state index is 0.0586. The Balaban J connectivity index is 1.95. The molecule has 0 atom stereocenters. The molecule has 0 saturated carbocycles. The molecule has 0 aromatic carbocycles. The van der Waals surface area contributed by atoms with Crippen molar-refractivity contribution in [2.24, 2.45) is 0 Å². The third kappa shape index (κ3) is 6.02. The first-order valence-electron chi connectivity index (χ1n) is 7.95. The minimum atomic E-state index is -4.43. The van der Waals surface area contributed by atoms with Crippen molar-refractivity contribution in [3.8, 4) is 5.88 Å². The van der Waals surface area contributed by atoms with E-state index in [1.54, 1.807) is 18.2 Å². The maximum absolute atomic E-state index is 12.2. The van der Waals surface area contributed by atoms with Crippen molar-refractivity contribution in [1.29, 1.82) is 0 Å². The Morgan fingerprint density at radius 2 is 1.88 bits per heavy atom. The van der Waals surface area contributed by atoms with E-state index in [2.05, 4.69) is 20.0 Å². The van der Waals surface area contributed by atoms with Crippen molar-refractivity contribution in [1.82, 2.24) is 15.3 Å². The SMILES string of the molecule is CC(C)(C)c1ccc(C(=O)NCc2cccc(OCC(F)(F)F)n2)cn1. The van der Waals surface area contributed by atoms with Gasteiger partial charge in [-0.15, -0.1) is 0 Å². The summed E-state index contributed by atoms with van der Waals surface area (Å²) < 4.78 is 41.1. The summed E-state index contributed by atoms with van der Waals surface area (Å²) in [5.41, 5.74) is 1.53. The van der Waals surface area contributed by atoms with Crippen LogP contribution in [0.4, 0.5) is 13.2 Å². The van der Waals surface area contributed by atoms with Crippen LogP contribution in [0.5, 0.6) is 5.88 Å². The largest absolute Gasteiger partial charge is 0.468 e. The highest BCUT2D eigenvalue weighted by molar-refractivity contribution is 5.93. The maximum Gasteiger partial charge on any atom is 0.422 e.